The number of hydrogen-bond donors (Lipinski definition) is 8. The Kier molecular flexibility index (Phi) is 12.7. The Morgan fingerprint density at radius 1 is 1.16 bits per heavy atom. The van der Waals surface area contributed by atoms with Gasteiger partial charge in [0.05, 0.1) is 23.0 Å². The molecule has 9 N–H and O–H groups in total. The fourth-order valence-corrected chi connectivity index (χ4v) is 8.66. The van der Waals surface area contributed by atoms with Gasteiger partial charge in [0.15, 0.2) is 53.1 Å². The number of phenolic OH excluding ortho intramolecular Hbond substituents is 2. The van der Waals surface area contributed by atoms with Gasteiger partial charge in [0.2, 0.25) is 0 Å². The molecule has 1 fully saturated rings. The van der Waals surface area contributed by atoms with E-state index in [4.69, 9.17) is 15.3 Å². The third-order valence-electron chi connectivity index (χ3n) is 8.22. The molecule has 298 valence electrons. The van der Waals surface area contributed by atoms with E-state index < -0.39 is 58.8 Å². The summed E-state index contributed by atoms with van der Waals surface area (Å²) in [5.74, 6) is -4.23. The van der Waals surface area contributed by atoms with Crippen molar-refractivity contribution in [2.75, 3.05) is 24.0 Å². The molecule has 7 rings (SSSR count). The second-order valence-electron chi connectivity index (χ2n) is 12.1. The van der Waals surface area contributed by atoms with Gasteiger partial charge in [-0.3, -0.25) is 24.3 Å². The second kappa shape index (κ2) is 17.5. The van der Waals surface area contributed by atoms with E-state index in [2.05, 4.69) is 36.0 Å². The van der Waals surface area contributed by atoms with Crippen LogP contribution in [0.1, 0.15) is 28.8 Å². The predicted molar refractivity (Wildman–Crippen MR) is 210 cm³/mol. The number of aliphatic imine (C=N–C) groups is 1. The van der Waals surface area contributed by atoms with Crippen LogP contribution in [0.2, 0.25) is 0 Å². The fraction of sp³-hybridized carbons (Fsp3) is 0.219. The minimum atomic E-state index is -1.33. The summed E-state index contributed by atoms with van der Waals surface area (Å²) in [6.45, 7) is 1.12. The molecule has 1 aromatic carbocycles. The van der Waals surface area contributed by atoms with Crippen LogP contribution in [0.3, 0.4) is 0 Å². The van der Waals surface area contributed by atoms with E-state index in [9.17, 15) is 44.4 Å². The molecule has 1 saturated heterocycles. The molecule has 2 aromatic heterocycles. The molecule has 4 aliphatic heterocycles. The zero-order valence-electron chi connectivity index (χ0n) is 29.1. The van der Waals surface area contributed by atoms with E-state index >= 15 is 0 Å². The summed E-state index contributed by atoms with van der Waals surface area (Å²) in [6, 6.07) is 2.42. The maximum absolute atomic E-state index is 13.5. The number of aromatic hydroxyl groups is 3. The van der Waals surface area contributed by atoms with Crippen molar-refractivity contribution < 1.29 is 49.2 Å². The number of esters is 1. The number of aromatic nitrogens is 3. The van der Waals surface area contributed by atoms with Crippen molar-refractivity contribution in [3.63, 3.8) is 0 Å². The number of nitrogens with two attached hydrogens (primary N) is 1. The molecule has 2 amide bonds. The normalized spacial score (nSPS) is 18.6. The molecular weight excluding hydrogens is 834 g/mol. The number of amides is 2. The van der Waals surface area contributed by atoms with Crippen molar-refractivity contribution in [2.45, 2.75) is 24.9 Å². The first kappa shape index (κ1) is 42.0. The number of carbonyl (C=O) groups excluding carboxylic acids is 3. The summed E-state index contributed by atoms with van der Waals surface area (Å²) >= 11 is 3.56. The first-order valence-electron chi connectivity index (χ1n) is 16.3. The molecule has 0 unspecified atom stereocenters. The zero-order chi connectivity index (χ0) is 40.5. The molecule has 0 spiro atoms. The van der Waals surface area contributed by atoms with Crippen LogP contribution < -0.4 is 22.1 Å². The number of H-pyrrole nitrogens is 1. The van der Waals surface area contributed by atoms with Gasteiger partial charge in [0.1, 0.15) is 22.8 Å². The Labute approximate surface area is 360 Å². The zero-order valence-corrected chi connectivity index (χ0v) is 31.6. The van der Waals surface area contributed by atoms with Crippen LogP contribution in [-0.2, 0) is 30.6 Å². The molecule has 0 radical (unpaired) electrons. The van der Waals surface area contributed by atoms with Gasteiger partial charge < -0.3 is 46.0 Å². The first-order chi connectivity index (χ1) is 27.3. The number of rotatable bonds is 13. The van der Waals surface area contributed by atoms with Gasteiger partial charge in [-0.1, -0.05) is 5.16 Å². The Balaban J connectivity index is 0.00000567. The van der Waals surface area contributed by atoms with Crippen LogP contribution in [-0.4, -0.2) is 145 Å². The van der Waals surface area contributed by atoms with Gasteiger partial charge in [-0.05, 0) is 36.8 Å². The molecule has 22 nitrogen and oxygen atoms in total. The van der Waals surface area contributed by atoms with Gasteiger partial charge in [-0.15, -0.1) is 40.4 Å². The standard InChI is InChI=1S/C32H29N11O11S3.Na.H/c1-13-4-22(43-21(35-13)7-41(40-43)12-53-31(52)14-2-3-17(44)18(45)5-14)55-9-15-10-56-29-24(28(49)42(29)25(15)30(50)51)38-27(48)23(16-11-57-32(33)36-16)39-54-8-20-34-6-19(46)26(47)37-20;;/h2-7,11,24,29,40,44-46H,8-10,12H2,1H3,(H2,33,36)(H,38,48)(H,50,51)(H,34,37,47);;/t24-,29-;;/m1../s1. The van der Waals surface area contributed by atoms with E-state index in [1.807, 2.05) is 0 Å². The summed E-state index contributed by atoms with van der Waals surface area (Å²) in [4.78, 5) is 84.8. The van der Waals surface area contributed by atoms with Crippen LogP contribution in [0.4, 0.5) is 5.13 Å². The van der Waals surface area contributed by atoms with Crippen LogP contribution >= 0.6 is 34.9 Å². The number of ether oxygens (including phenoxy) is 1. The summed E-state index contributed by atoms with van der Waals surface area (Å²) < 4.78 is 5.33. The number of nitrogens with zero attached hydrogens (tertiary/aromatic N) is 7. The molecule has 0 saturated carbocycles. The number of fused-ring (bicyclic) bond motifs is 2. The number of aromatic amines is 1. The molecule has 0 bridgehead atoms. The number of oxime groups is 1. The third-order valence-corrected chi connectivity index (χ3v) is 11.3. The predicted octanol–water partition coefficient (Wildman–Crippen LogP) is -0.364. The molecule has 0 aliphatic carbocycles. The van der Waals surface area contributed by atoms with Crippen LogP contribution in [0.15, 0.2) is 79.1 Å². The number of benzene rings is 1. The summed E-state index contributed by atoms with van der Waals surface area (Å²) in [5, 5.41) is 49.8. The van der Waals surface area contributed by atoms with Crippen LogP contribution in [0, 0.1) is 0 Å². The van der Waals surface area contributed by atoms with Gasteiger partial charge in [0.25, 0.3) is 11.8 Å². The van der Waals surface area contributed by atoms with E-state index in [0.717, 1.165) is 34.6 Å². The molecule has 4 aliphatic rings. The number of anilines is 1. The van der Waals surface area contributed by atoms with Crippen molar-refractivity contribution in [3.8, 4) is 17.2 Å². The average molecular weight is 864 g/mol. The quantitative estimate of drug-likeness (QED) is 0.0272. The summed E-state index contributed by atoms with van der Waals surface area (Å²) in [7, 11) is 0. The van der Waals surface area contributed by atoms with Crippen molar-refractivity contribution in [3.05, 3.63) is 91.6 Å². The monoisotopic (exact) mass is 863 g/mol. The summed E-state index contributed by atoms with van der Waals surface area (Å²) in [5.41, 5.74) is 8.49. The van der Waals surface area contributed by atoms with E-state index in [0.29, 0.717) is 22.1 Å². The Morgan fingerprint density at radius 2 is 1.95 bits per heavy atom. The molecule has 6 heterocycles. The first-order valence-corrected chi connectivity index (χ1v) is 19.2. The van der Waals surface area contributed by atoms with Gasteiger partial charge in [0, 0.05) is 22.6 Å². The van der Waals surface area contributed by atoms with E-state index in [1.165, 1.54) is 40.0 Å². The minimum absolute atomic E-state index is 0. The van der Waals surface area contributed by atoms with Crippen molar-refractivity contribution in [1.82, 2.24) is 40.7 Å². The molecule has 2 atom stereocenters. The SMILES string of the molecule is CC1=NC2=CN(COC(=O)c3ccc(O)c(O)c3)NN2C(SCC2=C(C(=O)O)N3C(=O)[C@@H](NC(=O)C(=NOCc4nc(=O)c(O)c[nH]4)c4csc(N)n4)[C@H]3SC2)=C1.[NaH]. The molecular formula is C32H30N11NaO11S3. The summed E-state index contributed by atoms with van der Waals surface area (Å²) in [6.07, 6.45) is 4.37. The topological polar surface area (TPSA) is 311 Å². The number of thiazole rings is 1. The van der Waals surface area contributed by atoms with Gasteiger partial charge in [-0.2, -0.15) is 4.98 Å². The van der Waals surface area contributed by atoms with Crippen LogP contribution in [0.5, 0.6) is 17.2 Å². The fourth-order valence-electron chi connectivity index (χ4n) is 5.56. The van der Waals surface area contributed by atoms with E-state index in [1.54, 1.807) is 24.2 Å². The van der Waals surface area contributed by atoms with Crippen molar-refractivity contribution in [2.24, 2.45) is 10.1 Å². The Morgan fingerprint density at radius 3 is 2.66 bits per heavy atom. The molecule has 58 heavy (non-hydrogen) atoms. The number of nitrogen functional groups attached to an aromatic ring is 1. The number of nitrogens with one attached hydrogen (secondary N) is 3. The molecule has 26 heteroatoms. The number of carboxylic acids is 1. The number of β-lactam (4-membered cyclic amide) rings is 1. The van der Waals surface area contributed by atoms with Crippen LogP contribution in [0.25, 0.3) is 0 Å². The number of hydrogen-bond acceptors (Lipinski definition) is 21. The van der Waals surface area contributed by atoms with Gasteiger partial charge >= 0.3 is 47.1 Å². The Hall–Kier alpha value is -5.57. The van der Waals surface area contributed by atoms with Gasteiger partial charge in [-0.25, -0.2) is 24.6 Å². The number of carbonyl (C=O) groups is 4. The van der Waals surface area contributed by atoms with Crippen molar-refractivity contribution >= 4 is 105 Å². The average Bonchev–Trinajstić information content (AvgIpc) is 3.80. The number of aliphatic carboxylic acids is 1. The maximum atomic E-state index is 13.5. The second-order valence-corrected chi connectivity index (χ2v) is 15.1. The molecule has 3 aromatic rings. The Bertz CT molecular complexity index is 2420. The van der Waals surface area contributed by atoms with Crippen molar-refractivity contribution in [1.29, 1.82) is 0 Å². The third kappa shape index (κ3) is 8.79. The number of hydrazine groups is 2. The van der Waals surface area contributed by atoms with E-state index in [-0.39, 0.29) is 87.2 Å². The number of carboxylic acid groups (broad SMARTS) is 1. The number of thioether (sulfide) groups is 2. The number of phenols is 2. The number of allylic oxidation sites excluding steroid dienone is 1.